The Labute approximate surface area is 125 Å². The Morgan fingerprint density at radius 1 is 1.55 bits per heavy atom. The normalized spacial score (nSPS) is 14.9. The molecule has 0 amide bonds. The molecule has 1 aromatic heterocycles. The lowest BCUT2D eigenvalue weighted by Gasteiger charge is -2.10. The lowest BCUT2D eigenvalue weighted by atomic mass is 10.1. The summed E-state index contributed by atoms with van der Waals surface area (Å²) in [6.45, 7) is 2.81. The molecule has 1 aliphatic rings. The second kappa shape index (κ2) is 7.19. The summed E-state index contributed by atoms with van der Waals surface area (Å²) < 4.78 is 0. The van der Waals surface area contributed by atoms with E-state index in [1.165, 1.54) is 18.4 Å². The zero-order valence-corrected chi connectivity index (χ0v) is 12.5. The van der Waals surface area contributed by atoms with E-state index < -0.39 is 0 Å². The summed E-state index contributed by atoms with van der Waals surface area (Å²) in [7, 11) is 0. The monoisotopic (exact) mass is 291 g/mol. The zero-order chi connectivity index (χ0) is 14.4. The number of aryl methyl sites for hydroxylation is 2. The van der Waals surface area contributed by atoms with Crippen molar-refractivity contribution in [3.8, 4) is 0 Å². The van der Waals surface area contributed by atoms with Gasteiger partial charge in [-0.25, -0.2) is 0 Å². The number of nitrogens with zero attached hydrogens (tertiary/aromatic N) is 2. The van der Waals surface area contributed by atoms with E-state index in [2.05, 4.69) is 33.6 Å². The second-order valence-electron chi connectivity index (χ2n) is 5.01. The summed E-state index contributed by atoms with van der Waals surface area (Å²) in [6.07, 6.45) is 6.09. The van der Waals surface area contributed by atoms with Crippen molar-refractivity contribution in [2.45, 2.75) is 38.6 Å². The van der Waals surface area contributed by atoms with Crippen LogP contribution in [0.1, 0.15) is 30.5 Å². The van der Waals surface area contributed by atoms with E-state index in [0.29, 0.717) is 12.0 Å². The summed E-state index contributed by atoms with van der Waals surface area (Å²) in [5, 5.41) is 6.43. The summed E-state index contributed by atoms with van der Waals surface area (Å²) in [4.78, 5) is 8.87. The molecule has 6 heteroatoms. The molecule has 0 unspecified atom stereocenters. The molecule has 0 bridgehead atoms. The van der Waals surface area contributed by atoms with Crippen LogP contribution < -0.4 is 16.4 Å². The number of guanidine groups is 1. The molecule has 0 radical (unpaired) electrons. The molecule has 4 N–H and O–H groups in total. The maximum Gasteiger partial charge on any atom is 0.197 e. The zero-order valence-electron chi connectivity index (χ0n) is 11.7. The molecule has 1 saturated carbocycles. The van der Waals surface area contributed by atoms with Crippen LogP contribution in [0.3, 0.4) is 0 Å². The van der Waals surface area contributed by atoms with Crippen molar-refractivity contribution >= 4 is 23.3 Å². The fraction of sp³-hybridized carbons (Fsp3) is 0.500. The van der Waals surface area contributed by atoms with Crippen molar-refractivity contribution in [3.63, 3.8) is 0 Å². The highest BCUT2D eigenvalue weighted by Crippen LogP contribution is 2.18. The molecule has 1 aliphatic carbocycles. The highest BCUT2D eigenvalue weighted by atomic mass is 32.1. The maximum atomic E-state index is 5.49. The largest absolute Gasteiger partial charge is 0.376 e. The fourth-order valence-corrected chi connectivity index (χ4v) is 1.97. The Balaban J connectivity index is 1.80. The van der Waals surface area contributed by atoms with Gasteiger partial charge in [0.15, 0.2) is 11.1 Å². The van der Waals surface area contributed by atoms with Gasteiger partial charge in [0.25, 0.3) is 0 Å². The minimum atomic E-state index is 0.248. The summed E-state index contributed by atoms with van der Waals surface area (Å²) >= 11 is 4.85. The van der Waals surface area contributed by atoms with Gasteiger partial charge < -0.3 is 16.4 Å². The Bertz CT molecular complexity index is 496. The number of hydrogen-bond acceptors (Lipinski definition) is 3. The van der Waals surface area contributed by atoms with Gasteiger partial charge in [-0.3, -0.25) is 9.98 Å². The van der Waals surface area contributed by atoms with Gasteiger partial charge in [0.05, 0.1) is 0 Å². The second-order valence-corrected chi connectivity index (χ2v) is 5.45. The van der Waals surface area contributed by atoms with Gasteiger partial charge in [0, 0.05) is 24.5 Å². The third-order valence-corrected chi connectivity index (χ3v) is 3.22. The van der Waals surface area contributed by atoms with E-state index in [1.54, 1.807) is 0 Å². The quantitative estimate of drug-likeness (QED) is 0.330. The predicted octanol–water partition coefficient (Wildman–Crippen LogP) is 1.26. The molecule has 20 heavy (non-hydrogen) atoms. The van der Waals surface area contributed by atoms with E-state index in [1.807, 2.05) is 12.3 Å². The van der Waals surface area contributed by atoms with E-state index in [9.17, 15) is 0 Å². The van der Waals surface area contributed by atoms with Crippen molar-refractivity contribution in [1.29, 1.82) is 0 Å². The minimum absolute atomic E-state index is 0.248. The molecule has 0 atom stereocenters. The maximum absolute atomic E-state index is 5.49. The topological polar surface area (TPSA) is 75.3 Å². The number of aliphatic imine (C=N–C) groups is 1. The van der Waals surface area contributed by atoms with Crippen LogP contribution in [0.4, 0.5) is 0 Å². The summed E-state index contributed by atoms with van der Waals surface area (Å²) in [6, 6.07) is 4.56. The number of nitrogens with two attached hydrogens (primary N) is 1. The van der Waals surface area contributed by atoms with Gasteiger partial charge in [-0.15, -0.1) is 0 Å². The molecule has 0 spiro atoms. The van der Waals surface area contributed by atoms with Crippen molar-refractivity contribution < 1.29 is 0 Å². The predicted molar refractivity (Wildman–Crippen MR) is 85.7 cm³/mol. The first-order valence-corrected chi connectivity index (χ1v) is 7.34. The van der Waals surface area contributed by atoms with Crippen LogP contribution in [0.2, 0.25) is 0 Å². The van der Waals surface area contributed by atoms with Gasteiger partial charge in [-0.05, 0) is 56.5 Å². The Morgan fingerprint density at radius 3 is 3.00 bits per heavy atom. The molecule has 0 saturated heterocycles. The van der Waals surface area contributed by atoms with Gasteiger partial charge >= 0.3 is 0 Å². The van der Waals surface area contributed by atoms with E-state index in [4.69, 9.17) is 18.0 Å². The van der Waals surface area contributed by atoms with Crippen molar-refractivity contribution in [2.24, 2.45) is 10.7 Å². The van der Waals surface area contributed by atoms with E-state index >= 15 is 0 Å². The van der Waals surface area contributed by atoms with E-state index in [0.717, 1.165) is 25.1 Å². The first-order chi connectivity index (χ1) is 9.65. The number of hydrogen-bond donors (Lipinski definition) is 3. The van der Waals surface area contributed by atoms with E-state index in [-0.39, 0.29) is 5.11 Å². The standard InChI is InChI=1S/C14H21N5S/c1-10-4-2-8-16-12(10)5-3-9-17-14(19-13(15)20)18-11-6-7-11/h2,4,8,11H,3,5-7,9H2,1H3,(H4,15,17,18,19,20). The Hall–Kier alpha value is -1.69. The highest BCUT2D eigenvalue weighted by molar-refractivity contribution is 7.80. The van der Waals surface area contributed by atoms with Crippen molar-refractivity contribution in [1.82, 2.24) is 15.6 Å². The first kappa shape index (κ1) is 14.7. The number of pyridine rings is 1. The summed E-state index contributed by atoms with van der Waals surface area (Å²) in [5.41, 5.74) is 7.87. The average molecular weight is 291 g/mol. The highest BCUT2D eigenvalue weighted by Gasteiger charge is 2.22. The van der Waals surface area contributed by atoms with Crippen LogP contribution in [0.15, 0.2) is 23.3 Å². The minimum Gasteiger partial charge on any atom is -0.376 e. The number of nitrogens with one attached hydrogen (secondary N) is 2. The Morgan fingerprint density at radius 2 is 2.35 bits per heavy atom. The number of thiocarbonyl (C=S) groups is 1. The molecule has 5 nitrogen and oxygen atoms in total. The van der Waals surface area contributed by atoms with Gasteiger partial charge in [0.1, 0.15) is 0 Å². The van der Waals surface area contributed by atoms with Crippen LogP contribution in [0, 0.1) is 6.92 Å². The van der Waals surface area contributed by atoms with Crippen LogP contribution in [0.5, 0.6) is 0 Å². The third-order valence-electron chi connectivity index (χ3n) is 3.12. The molecule has 1 heterocycles. The molecule has 0 aromatic carbocycles. The van der Waals surface area contributed by atoms with Crippen LogP contribution in [0.25, 0.3) is 0 Å². The molecule has 108 valence electrons. The van der Waals surface area contributed by atoms with Crippen molar-refractivity contribution in [3.05, 3.63) is 29.6 Å². The van der Waals surface area contributed by atoms with Gasteiger partial charge in [0.2, 0.25) is 0 Å². The lowest BCUT2D eigenvalue weighted by molar-refractivity contribution is 0.787. The molecule has 1 fully saturated rings. The third kappa shape index (κ3) is 5.13. The van der Waals surface area contributed by atoms with Gasteiger partial charge in [-0.2, -0.15) is 0 Å². The smallest absolute Gasteiger partial charge is 0.197 e. The molecular weight excluding hydrogens is 270 g/mol. The van der Waals surface area contributed by atoms with Crippen molar-refractivity contribution in [2.75, 3.05) is 6.54 Å². The number of aromatic nitrogens is 1. The molecule has 2 rings (SSSR count). The van der Waals surface area contributed by atoms with Gasteiger partial charge in [-0.1, -0.05) is 6.07 Å². The molecular formula is C14H21N5S. The SMILES string of the molecule is Cc1cccnc1CCCN=C(NC(N)=S)NC1CC1. The molecule has 1 aromatic rings. The fourth-order valence-electron chi connectivity index (χ4n) is 1.88. The van der Waals surface area contributed by atoms with Crippen LogP contribution in [-0.4, -0.2) is 28.6 Å². The number of rotatable bonds is 5. The van der Waals surface area contributed by atoms with Crippen LogP contribution >= 0.6 is 12.2 Å². The van der Waals surface area contributed by atoms with Crippen LogP contribution in [-0.2, 0) is 6.42 Å². The average Bonchev–Trinajstić information content (AvgIpc) is 3.19. The molecule has 0 aliphatic heterocycles. The first-order valence-electron chi connectivity index (χ1n) is 6.93. The Kier molecular flexibility index (Phi) is 5.29. The lowest BCUT2D eigenvalue weighted by Crippen LogP contribution is -2.44. The summed E-state index contributed by atoms with van der Waals surface area (Å²) in [5.74, 6) is 0.692.